The second-order valence-electron chi connectivity index (χ2n) is 3.95. The second kappa shape index (κ2) is 4.23. The summed E-state index contributed by atoms with van der Waals surface area (Å²) in [4.78, 5) is 2.14. The molecule has 0 saturated carbocycles. The quantitative estimate of drug-likeness (QED) is 0.780. The van der Waals surface area contributed by atoms with Gasteiger partial charge in [0.15, 0.2) is 14.9 Å². The minimum absolute atomic E-state index is 0.110. The van der Waals surface area contributed by atoms with Gasteiger partial charge in [0.05, 0.1) is 11.7 Å². The first-order valence-electron chi connectivity index (χ1n) is 4.89. The number of hydrogen-bond donors (Lipinski definition) is 0. The summed E-state index contributed by atoms with van der Waals surface area (Å²) in [7, 11) is -1.27. The van der Waals surface area contributed by atoms with Crippen LogP contribution < -0.4 is 0 Å². The van der Waals surface area contributed by atoms with Crippen LogP contribution in [0.4, 0.5) is 0 Å². The van der Waals surface area contributed by atoms with E-state index in [-0.39, 0.29) is 5.03 Å². The summed E-state index contributed by atoms with van der Waals surface area (Å²) in [5.41, 5.74) is 1.49. The first-order valence-corrected chi connectivity index (χ1v) is 7.51. The van der Waals surface area contributed by atoms with Crippen LogP contribution in [-0.4, -0.2) is 48.5 Å². The molecule has 5 nitrogen and oxygen atoms in total. The third-order valence-electron chi connectivity index (χ3n) is 2.46. The number of hydrogen-bond acceptors (Lipinski definition) is 6. The smallest absolute Gasteiger partial charge is 0.196 e. The molecule has 7 heteroatoms. The van der Waals surface area contributed by atoms with E-state index in [0.717, 1.165) is 36.8 Å². The summed E-state index contributed by atoms with van der Waals surface area (Å²) in [5.74, 6) is 0. The maximum Gasteiger partial charge on any atom is 0.196 e. The molecule has 88 valence electrons. The van der Waals surface area contributed by atoms with E-state index in [1.54, 1.807) is 0 Å². The average molecular weight is 259 g/mol. The SMILES string of the molecule is CN1CCC=C(c2nsnc2S(C)(=O)=O)C1. The van der Waals surface area contributed by atoms with Gasteiger partial charge in [-0.05, 0) is 19.0 Å². The minimum atomic E-state index is -3.28. The summed E-state index contributed by atoms with van der Waals surface area (Å²) in [6.07, 6.45) is 4.14. The Morgan fingerprint density at radius 2 is 2.19 bits per heavy atom. The van der Waals surface area contributed by atoms with Crippen molar-refractivity contribution in [1.82, 2.24) is 13.6 Å². The maximum atomic E-state index is 11.5. The van der Waals surface area contributed by atoms with E-state index in [4.69, 9.17) is 0 Å². The molecule has 0 unspecified atom stereocenters. The molecular formula is C9H13N3O2S2. The van der Waals surface area contributed by atoms with Crippen molar-refractivity contribution in [3.63, 3.8) is 0 Å². The van der Waals surface area contributed by atoms with Crippen molar-refractivity contribution in [2.75, 3.05) is 26.4 Å². The summed E-state index contributed by atoms with van der Waals surface area (Å²) in [5, 5.41) is 0.110. The molecule has 0 radical (unpaired) electrons. The van der Waals surface area contributed by atoms with Gasteiger partial charge in [-0.25, -0.2) is 8.42 Å². The lowest BCUT2D eigenvalue weighted by Crippen LogP contribution is -2.25. The van der Waals surface area contributed by atoms with Gasteiger partial charge in [-0.1, -0.05) is 6.08 Å². The molecule has 16 heavy (non-hydrogen) atoms. The lowest BCUT2D eigenvalue weighted by molar-refractivity contribution is 0.372. The molecule has 0 bridgehead atoms. The molecule has 0 aromatic carbocycles. The van der Waals surface area contributed by atoms with Crippen molar-refractivity contribution in [2.24, 2.45) is 0 Å². The molecule has 1 aromatic heterocycles. The van der Waals surface area contributed by atoms with Crippen LogP contribution in [0.3, 0.4) is 0 Å². The fraction of sp³-hybridized carbons (Fsp3) is 0.556. The van der Waals surface area contributed by atoms with Gasteiger partial charge in [0.2, 0.25) is 0 Å². The fourth-order valence-corrected chi connectivity index (χ4v) is 3.40. The number of aromatic nitrogens is 2. The summed E-state index contributed by atoms with van der Waals surface area (Å²) < 4.78 is 31.0. The van der Waals surface area contributed by atoms with E-state index >= 15 is 0 Å². The Hall–Kier alpha value is -0.790. The Balaban J connectivity index is 2.42. The summed E-state index contributed by atoms with van der Waals surface area (Å²) in [6.45, 7) is 1.73. The normalized spacial score (nSPS) is 18.5. The van der Waals surface area contributed by atoms with Crippen LogP contribution in [0, 0.1) is 0 Å². The van der Waals surface area contributed by atoms with Gasteiger partial charge < -0.3 is 4.90 Å². The Bertz CT molecular complexity index is 519. The molecule has 0 fully saturated rings. The topological polar surface area (TPSA) is 63.2 Å². The Labute approximate surface area is 99.0 Å². The third-order valence-corrected chi connectivity index (χ3v) is 4.09. The number of rotatable bonds is 2. The van der Waals surface area contributed by atoms with Gasteiger partial charge in [0.25, 0.3) is 0 Å². The Morgan fingerprint density at radius 3 is 2.81 bits per heavy atom. The van der Waals surface area contributed by atoms with Crippen LogP contribution in [0.5, 0.6) is 0 Å². The fourth-order valence-electron chi connectivity index (χ4n) is 1.69. The van der Waals surface area contributed by atoms with Crippen molar-refractivity contribution in [3.8, 4) is 0 Å². The van der Waals surface area contributed by atoms with Crippen molar-refractivity contribution in [2.45, 2.75) is 11.4 Å². The molecule has 1 aromatic rings. The minimum Gasteiger partial charge on any atom is -0.302 e. The Morgan fingerprint density at radius 1 is 1.44 bits per heavy atom. The van der Waals surface area contributed by atoms with E-state index in [9.17, 15) is 8.42 Å². The van der Waals surface area contributed by atoms with Gasteiger partial charge in [-0.2, -0.15) is 8.75 Å². The van der Waals surface area contributed by atoms with Crippen molar-refractivity contribution < 1.29 is 8.42 Å². The zero-order chi connectivity index (χ0) is 11.8. The van der Waals surface area contributed by atoms with Crippen LogP contribution in [0.1, 0.15) is 12.1 Å². The molecule has 0 aliphatic carbocycles. The lowest BCUT2D eigenvalue weighted by Gasteiger charge is -2.21. The van der Waals surface area contributed by atoms with Gasteiger partial charge in [-0.15, -0.1) is 0 Å². The molecule has 0 N–H and O–H groups in total. The highest BCUT2D eigenvalue weighted by Crippen LogP contribution is 2.24. The highest BCUT2D eigenvalue weighted by atomic mass is 32.2. The van der Waals surface area contributed by atoms with Gasteiger partial charge in [0, 0.05) is 19.3 Å². The van der Waals surface area contributed by atoms with E-state index in [0.29, 0.717) is 5.69 Å². The molecule has 0 amide bonds. The average Bonchev–Trinajstić information content (AvgIpc) is 2.65. The van der Waals surface area contributed by atoms with Gasteiger partial charge in [0.1, 0.15) is 5.69 Å². The first kappa shape index (κ1) is 11.7. The molecule has 0 atom stereocenters. The van der Waals surface area contributed by atoms with Crippen molar-refractivity contribution in [1.29, 1.82) is 0 Å². The van der Waals surface area contributed by atoms with E-state index in [1.807, 2.05) is 13.1 Å². The molecule has 0 saturated heterocycles. The maximum absolute atomic E-state index is 11.5. The predicted octanol–water partition coefficient (Wildman–Crippen LogP) is 0.661. The molecule has 1 aliphatic rings. The summed E-state index contributed by atoms with van der Waals surface area (Å²) in [6, 6.07) is 0. The number of sulfone groups is 1. The van der Waals surface area contributed by atoms with Crippen LogP contribution in [0.25, 0.3) is 5.57 Å². The van der Waals surface area contributed by atoms with E-state index < -0.39 is 9.84 Å². The highest BCUT2D eigenvalue weighted by molar-refractivity contribution is 7.90. The van der Waals surface area contributed by atoms with Gasteiger partial charge >= 0.3 is 0 Å². The van der Waals surface area contributed by atoms with Crippen molar-refractivity contribution >= 4 is 27.1 Å². The van der Waals surface area contributed by atoms with Crippen molar-refractivity contribution in [3.05, 3.63) is 11.8 Å². The number of likely N-dealkylation sites (N-methyl/N-ethyl adjacent to an activating group) is 1. The zero-order valence-corrected chi connectivity index (χ0v) is 10.8. The monoisotopic (exact) mass is 259 g/mol. The number of nitrogens with zero attached hydrogens (tertiary/aromatic N) is 3. The van der Waals surface area contributed by atoms with Crippen LogP contribution in [0.15, 0.2) is 11.1 Å². The van der Waals surface area contributed by atoms with Crippen LogP contribution >= 0.6 is 11.7 Å². The van der Waals surface area contributed by atoms with E-state index in [2.05, 4.69) is 13.6 Å². The largest absolute Gasteiger partial charge is 0.302 e. The highest BCUT2D eigenvalue weighted by Gasteiger charge is 2.23. The Kier molecular flexibility index (Phi) is 3.09. The molecular weight excluding hydrogens is 246 g/mol. The molecule has 2 rings (SSSR count). The lowest BCUT2D eigenvalue weighted by atomic mass is 10.1. The van der Waals surface area contributed by atoms with Crippen LogP contribution in [0.2, 0.25) is 0 Å². The first-order chi connectivity index (χ1) is 7.48. The molecule has 1 aliphatic heterocycles. The third kappa shape index (κ3) is 2.31. The summed E-state index contributed by atoms with van der Waals surface area (Å²) >= 11 is 0.949. The molecule has 0 spiro atoms. The van der Waals surface area contributed by atoms with Gasteiger partial charge in [-0.3, -0.25) is 0 Å². The van der Waals surface area contributed by atoms with E-state index in [1.165, 1.54) is 6.26 Å². The van der Waals surface area contributed by atoms with Crippen LogP contribution in [-0.2, 0) is 9.84 Å². The standard InChI is InChI=1S/C9H13N3O2S2/c1-12-5-3-4-7(6-12)8-9(11-15-10-8)16(2,13)14/h4H,3,5-6H2,1-2H3. The molecule has 2 heterocycles. The zero-order valence-electron chi connectivity index (χ0n) is 9.17. The predicted molar refractivity (Wildman–Crippen MR) is 63.1 cm³/mol. The second-order valence-corrected chi connectivity index (χ2v) is 6.41.